The van der Waals surface area contributed by atoms with E-state index in [0.717, 1.165) is 12.4 Å². The molecule has 0 aliphatic heterocycles. The molecule has 1 aliphatic rings. The van der Waals surface area contributed by atoms with Crippen LogP contribution in [0.5, 0.6) is 0 Å². The molecule has 1 heterocycles. The minimum absolute atomic E-state index is 0.260. The highest BCUT2D eigenvalue weighted by Gasteiger charge is 2.38. The van der Waals surface area contributed by atoms with Gasteiger partial charge in [0.15, 0.2) is 0 Å². The average Bonchev–Trinajstić information content (AvgIpc) is 2.18. The van der Waals surface area contributed by atoms with Gasteiger partial charge < -0.3 is 10.2 Å². The lowest BCUT2D eigenvalue weighted by Gasteiger charge is -2.47. The second kappa shape index (κ2) is 4.37. The molecule has 0 radical (unpaired) electrons. The quantitative estimate of drug-likeness (QED) is 0.847. The van der Waals surface area contributed by atoms with Crippen molar-refractivity contribution in [1.82, 2.24) is 9.88 Å². The summed E-state index contributed by atoms with van der Waals surface area (Å²) in [6.07, 6.45) is 4.96. The zero-order valence-electron chi connectivity index (χ0n) is 9.83. The molecular formula is C12H18FN3. The summed E-state index contributed by atoms with van der Waals surface area (Å²) in [5, 5.41) is 3.28. The van der Waals surface area contributed by atoms with Crippen LogP contribution in [-0.4, -0.2) is 36.1 Å². The Morgan fingerprint density at radius 3 is 2.62 bits per heavy atom. The highest BCUT2D eigenvalue weighted by molar-refractivity contribution is 5.34. The first-order valence-corrected chi connectivity index (χ1v) is 5.65. The van der Waals surface area contributed by atoms with Gasteiger partial charge in [0.05, 0.1) is 6.20 Å². The molecule has 4 heteroatoms. The molecule has 2 rings (SSSR count). The summed E-state index contributed by atoms with van der Waals surface area (Å²) in [4.78, 5) is 6.27. The number of nitrogens with zero attached hydrogens (tertiary/aromatic N) is 2. The van der Waals surface area contributed by atoms with E-state index in [1.807, 2.05) is 0 Å². The van der Waals surface area contributed by atoms with Gasteiger partial charge in [0, 0.05) is 12.1 Å². The summed E-state index contributed by atoms with van der Waals surface area (Å²) in [6.45, 7) is 0.874. The van der Waals surface area contributed by atoms with E-state index >= 15 is 0 Å². The molecule has 0 amide bonds. The van der Waals surface area contributed by atoms with Crippen LogP contribution in [0.4, 0.5) is 10.2 Å². The van der Waals surface area contributed by atoms with Gasteiger partial charge in [-0.05, 0) is 45.5 Å². The number of pyridine rings is 1. The number of anilines is 1. The molecule has 1 aromatic rings. The fourth-order valence-electron chi connectivity index (χ4n) is 2.10. The van der Waals surface area contributed by atoms with Crippen molar-refractivity contribution in [3.8, 4) is 0 Å². The van der Waals surface area contributed by atoms with Crippen molar-refractivity contribution in [2.24, 2.45) is 0 Å². The molecule has 3 nitrogen and oxygen atoms in total. The second-order valence-corrected chi connectivity index (χ2v) is 4.69. The summed E-state index contributed by atoms with van der Waals surface area (Å²) in [7, 11) is 4.22. The summed E-state index contributed by atoms with van der Waals surface area (Å²) in [5.41, 5.74) is 0.260. The molecule has 16 heavy (non-hydrogen) atoms. The molecule has 1 aliphatic carbocycles. The van der Waals surface area contributed by atoms with Crippen LogP contribution in [0.25, 0.3) is 0 Å². The monoisotopic (exact) mass is 223 g/mol. The smallest absolute Gasteiger partial charge is 0.141 e. The number of hydrogen-bond acceptors (Lipinski definition) is 3. The van der Waals surface area contributed by atoms with Gasteiger partial charge in [-0.1, -0.05) is 0 Å². The van der Waals surface area contributed by atoms with Crippen LogP contribution in [0.3, 0.4) is 0 Å². The first-order chi connectivity index (χ1) is 7.62. The van der Waals surface area contributed by atoms with E-state index in [2.05, 4.69) is 29.3 Å². The molecule has 0 atom stereocenters. The summed E-state index contributed by atoms with van der Waals surface area (Å²) in [6, 6.07) is 3.11. The molecule has 0 aromatic carbocycles. The zero-order valence-corrected chi connectivity index (χ0v) is 9.83. The largest absolute Gasteiger partial charge is 0.368 e. The maximum atomic E-state index is 12.7. The molecule has 0 bridgehead atoms. The minimum atomic E-state index is -0.295. The topological polar surface area (TPSA) is 28.2 Å². The summed E-state index contributed by atoms with van der Waals surface area (Å²) >= 11 is 0. The van der Waals surface area contributed by atoms with E-state index in [1.54, 1.807) is 6.07 Å². The Labute approximate surface area is 95.7 Å². The van der Waals surface area contributed by atoms with E-state index < -0.39 is 0 Å². The van der Waals surface area contributed by atoms with Crippen molar-refractivity contribution >= 4 is 5.82 Å². The SMILES string of the molecule is CN(C)C1(CNc2ccc(F)cn2)CCC1. The Balaban J connectivity index is 1.93. The number of nitrogens with one attached hydrogen (secondary N) is 1. The fraction of sp³-hybridized carbons (Fsp3) is 0.583. The molecule has 1 fully saturated rings. The first-order valence-electron chi connectivity index (χ1n) is 5.65. The van der Waals surface area contributed by atoms with Gasteiger partial charge in [-0.3, -0.25) is 0 Å². The van der Waals surface area contributed by atoms with Crippen molar-refractivity contribution in [2.75, 3.05) is 26.0 Å². The van der Waals surface area contributed by atoms with Crippen molar-refractivity contribution < 1.29 is 4.39 Å². The van der Waals surface area contributed by atoms with Gasteiger partial charge in [0.1, 0.15) is 11.6 Å². The van der Waals surface area contributed by atoms with E-state index in [0.29, 0.717) is 0 Å². The number of likely N-dealkylation sites (N-methyl/N-ethyl adjacent to an activating group) is 1. The standard InChI is InChI=1S/C12H18FN3/c1-16(2)12(6-3-7-12)9-15-11-5-4-10(13)8-14-11/h4-5,8H,3,6-7,9H2,1-2H3,(H,14,15). The van der Waals surface area contributed by atoms with Crippen molar-refractivity contribution in [1.29, 1.82) is 0 Å². The van der Waals surface area contributed by atoms with Crippen molar-refractivity contribution in [3.63, 3.8) is 0 Å². The Bertz CT molecular complexity index is 344. The number of hydrogen-bond donors (Lipinski definition) is 1. The maximum absolute atomic E-state index is 12.7. The van der Waals surface area contributed by atoms with E-state index in [-0.39, 0.29) is 11.4 Å². The Morgan fingerprint density at radius 1 is 1.44 bits per heavy atom. The van der Waals surface area contributed by atoms with Gasteiger partial charge in [-0.25, -0.2) is 9.37 Å². The van der Waals surface area contributed by atoms with Crippen LogP contribution in [0.15, 0.2) is 18.3 Å². The number of halogens is 1. The van der Waals surface area contributed by atoms with Gasteiger partial charge in [0.25, 0.3) is 0 Å². The van der Waals surface area contributed by atoms with Crippen molar-refractivity contribution in [2.45, 2.75) is 24.8 Å². The highest BCUT2D eigenvalue weighted by atomic mass is 19.1. The maximum Gasteiger partial charge on any atom is 0.141 e. The molecule has 1 aromatic heterocycles. The normalized spacial score (nSPS) is 18.2. The third-order valence-electron chi connectivity index (χ3n) is 3.56. The van der Waals surface area contributed by atoms with Gasteiger partial charge in [0.2, 0.25) is 0 Å². The minimum Gasteiger partial charge on any atom is -0.368 e. The molecule has 0 saturated heterocycles. The molecule has 0 unspecified atom stereocenters. The highest BCUT2D eigenvalue weighted by Crippen LogP contribution is 2.36. The molecule has 1 saturated carbocycles. The lowest BCUT2D eigenvalue weighted by atomic mass is 9.75. The third kappa shape index (κ3) is 2.16. The predicted octanol–water partition coefficient (Wildman–Crippen LogP) is 2.12. The number of aromatic nitrogens is 1. The average molecular weight is 223 g/mol. The van der Waals surface area contributed by atoms with Gasteiger partial charge >= 0.3 is 0 Å². The van der Waals surface area contributed by atoms with Crippen LogP contribution >= 0.6 is 0 Å². The Hall–Kier alpha value is -1.16. The Morgan fingerprint density at radius 2 is 2.19 bits per heavy atom. The fourth-order valence-corrected chi connectivity index (χ4v) is 2.10. The predicted molar refractivity (Wildman–Crippen MR) is 63.0 cm³/mol. The van der Waals surface area contributed by atoms with Crippen molar-refractivity contribution in [3.05, 3.63) is 24.1 Å². The van der Waals surface area contributed by atoms with Gasteiger partial charge in [-0.15, -0.1) is 0 Å². The molecule has 0 spiro atoms. The van der Waals surface area contributed by atoms with E-state index in [9.17, 15) is 4.39 Å². The van der Waals surface area contributed by atoms with Crippen LogP contribution in [0.2, 0.25) is 0 Å². The third-order valence-corrected chi connectivity index (χ3v) is 3.56. The van der Waals surface area contributed by atoms with E-state index in [1.165, 1.54) is 31.5 Å². The van der Waals surface area contributed by atoms with Crippen LogP contribution in [0, 0.1) is 5.82 Å². The lowest BCUT2D eigenvalue weighted by Crippen LogP contribution is -2.54. The summed E-state index contributed by atoms with van der Waals surface area (Å²) in [5.74, 6) is 0.450. The van der Waals surface area contributed by atoms with Gasteiger partial charge in [-0.2, -0.15) is 0 Å². The van der Waals surface area contributed by atoms with Crippen LogP contribution in [0.1, 0.15) is 19.3 Å². The Kier molecular flexibility index (Phi) is 3.10. The number of rotatable bonds is 4. The molecule has 1 N–H and O–H groups in total. The van der Waals surface area contributed by atoms with Crippen LogP contribution < -0.4 is 5.32 Å². The molecular weight excluding hydrogens is 205 g/mol. The molecule has 88 valence electrons. The van der Waals surface area contributed by atoms with E-state index in [4.69, 9.17) is 0 Å². The second-order valence-electron chi connectivity index (χ2n) is 4.69. The zero-order chi connectivity index (χ0) is 11.6. The summed E-state index contributed by atoms with van der Waals surface area (Å²) < 4.78 is 12.7. The lowest BCUT2D eigenvalue weighted by molar-refractivity contribution is 0.0738. The van der Waals surface area contributed by atoms with Crippen LogP contribution in [-0.2, 0) is 0 Å². The first kappa shape index (κ1) is 11.3.